The number of hydrogen-bond acceptors (Lipinski definition) is 10. The molecule has 1 heterocycles. The molecule has 2 amide bonds. The lowest BCUT2D eigenvalue weighted by Gasteiger charge is -2.28. The maximum absolute atomic E-state index is 12.4. The highest BCUT2D eigenvalue weighted by Crippen LogP contribution is 2.35. The summed E-state index contributed by atoms with van der Waals surface area (Å²) in [5.41, 5.74) is 4.63. The molecule has 0 spiro atoms. The van der Waals surface area contributed by atoms with Crippen LogP contribution in [-0.2, 0) is 9.53 Å². The van der Waals surface area contributed by atoms with Crippen LogP contribution in [0, 0.1) is 3.57 Å². The van der Waals surface area contributed by atoms with Crippen molar-refractivity contribution in [3.63, 3.8) is 0 Å². The van der Waals surface area contributed by atoms with Crippen molar-refractivity contribution in [2.75, 3.05) is 34.0 Å². The second-order valence-electron chi connectivity index (χ2n) is 8.38. The molecule has 1 aliphatic heterocycles. The second-order valence-corrected chi connectivity index (χ2v) is 9.54. The highest BCUT2D eigenvalue weighted by atomic mass is 127. The average molecular weight is 668 g/mol. The molecular formula is C27H33IN4O8. The Kier molecular flexibility index (Phi) is 11.3. The Morgan fingerprint density at radius 3 is 2.55 bits per heavy atom. The van der Waals surface area contributed by atoms with E-state index in [1.54, 1.807) is 44.5 Å². The first-order valence-electron chi connectivity index (χ1n) is 12.4. The monoisotopic (exact) mass is 668 g/mol. The number of halogens is 1. The van der Waals surface area contributed by atoms with E-state index >= 15 is 0 Å². The summed E-state index contributed by atoms with van der Waals surface area (Å²) in [4.78, 5) is 24.5. The normalized spacial score (nSPS) is 15.7. The van der Waals surface area contributed by atoms with Crippen LogP contribution in [-0.4, -0.2) is 63.6 Å². The highest BCUT2D eigenvalue weighted by Gasteiger charge is 2.32. The molecule has 0 aliphatic carbocycles. The molecule has 0 fully saturated rings. The van der Waals surface area contributed by atoms with Gasteiger partial charge in [0.05, 0.1) is 48.8 Å². The van der Waals surface area contributed by atoms with Crippen LogP contribution in [0.25, 0.3) is 0 Å². The van der Waals surface area contributed by atoms with Gasteiger partial charge >= 0.3 is 12.0 Å². The summed E-state index contributed by atoms with van der Waals surface area (Å²) in [5, 5.41) is 19.8. The molecule has 2 aromatic carbocycles. The van der Waals surface area contributed by atoms with Gasteiger partial charge in [-0.15, -0.1) is 0 Å². The van der Waals surface area contributed by atoms with Gasteiger partial charge in [0.25, 0.3) is 0 Å². The second kappa shape index (κ2) is 14.6. The zero-order chi connectivity index (χ0) is 29.2. The minimum Gasteiger partial charge on any atom is -0.493 e. The first-order chi connectivity index (χ1) is 19.2. The van der Waals surface area contributed by atoms with Gasteiger partial charge in [-0.25, -0.2) is 9.59 Å². The van der Waals surface area contributed by atoms with Crippen LogP contribution in [0.5, 0.6) is 23.0 Å². The van der Waals surface area contributed by atoms with Gasteiger partial charge in [-0.3, -0.25) is 5.43 Å². The number of amides is 2. The van der Waals surface area contributed by atoms with Crippen molar-refractivity contribution < 1.29 is 38.4 Å². The third kappa shape index (κ3) is 7.69. The van der Waals surface area contributed by atoms with Gasteiger partial charge in [-0.2, -0.15) is 5.10 Å². The van der Waals surface area contributed by atoms with E-state index in [2.05, 4.69) is 43.8 Å². The van der Waals surface area contributed by atoms with E-state index in [1.165, 1.54) is 7.11 Å². The molecular weight excluding hydrogens is 635 g/mol. The number of methoxy groups -OCH3 is 2. The lowest BCUT2D eigenvalue weighted by molar-refractivity contribution is -0.136. The van der Waals surface area contributed by atoms with E-state index in [1.807, 2.05) is 19.9 Å². The standard InChI is InChI=1S/C27H33IN4O8/c1-6-38-20-12-17(24-23(26(34)37-5)15(3)30-27(35)31-24)8-9-19(20)40-14-22(33)32-29-13-16-10-18(28)25(39-7-2)21(11-16)36-4/h8-13,22,24,32-33H,6-7,14H2,1-5H3,(H2,30,31,35)/b29-13+/t22-,24-/m1/s1. The lowest BCUT2D eigenvalue weighted by Crippen LogP contribution is -2.45. The molecule has 0 saturated carbocycles. The largest absolute Gasteiger partial charge is 0.493 e. The number of carbonyl (C=O) groups excluding carboxylic acids is 2. The van der Waals surface area contributed by atoms with E-state index in [0.717, 1.165) is 9.13 Å². The maximum atomic E-state index is 12.4. The predicted octanol–water partition coefficient (Wildman–Crippen LogP) is 3.22. The first-order valence-corrected chi connectivity index (χ1v) is 13.5. The Morgan fingerprint density at radius 1 is 1.12 bits per heavy atom. The quantitative estimate of drug-likeness (QED) is 0.0831. The van der Waals surface area contributed by atoms with Crippen LogP contribution in [0.3, 0.4) is 0 Å². The lowest BCUT2D eigenvalue weighted by atomic mass is 9.95. The molecule has 4 N–H and O–H groups in total. The molecule has 0 aromatic heterocycles. The molecule has 0 bridgehead atoms. The Morgan fingerprint density at radius 2 is 1.88 bits per heavy atom. The van der Waals surface area contributed by atoms with Crippen molar-refractivity contribution in [1.29, 1.82) is 0 Å². The van der Waals surface area contributed by atoms with Gasteiger partial charge in [0, 0.05) is 5.70 Å². The maximum Gasteiger partial charge on any atom is 0.337 e. The van der Waals surface area contributed by atoms with E-state index in [-0.39, 0.29) is 12.2 Å². The van der Waals surface area contributed by atoms with Gasteiger partial charge in [-0.1, -0.05) is 6.07 Å². The van der Waals surface area contributed by atoms with Crippen molar-refractivity contribution in [3.05, 3.63) is 56.3 Å². The number of aliphatic hydroxyl groups excluding tert-OH is 1. The summed E-state index contributed by atoms with van der Waals surface area (Å²) in [6.45, 7) is 6.06. The summed E-state index contributed by atoms with van der Waals surface area (Å²) in [5.74, 6) is 1.42. The Labute approximate surface area is 246 Å². The van der Waals surface area contributed by atoms with Gasteiger partial charge in [-0.05, 0) is 78.8 Å². The third-order valence-corrected chi connectivity index (χ3v) is 6.45. The van der Waals surface area contributed by atoms with E-state index in [4.69, 9.17) is 23.7 Å². The first kappa shape index (κ1) is 30.8. The number of hydrazone groups is 1. The van der Waals surface area contributed by atoms with Crippen LogP contribution >= 0.6 is 22.6 Å². The molecule has 0 unspecified atom stereocenters. The molecule has 40 heavy (non-hydrogen) atoms. The number of urea groups is 1. The topological polar surface area (TPSA) is 149 Å². The fourth-order valence-corrected chi connectivity index (χ4v) is 4.70. The minimum atomic E-state index is -1.13. The molecule has 3 rings (SSSR count). The van der Waals surface area contributed by atoms with Crippen molar-refractivity contribution in [2.24, 2.45) is 5.10 Å². The molecule has 0 radical (unpaired) electrons. The summed E-state index contributed by atoms with van der Waals surface area (Å²) >= 11 is 2.16. The van der Waals surface area contributed by atoms with Crippen molar-refractivity contribution in [3.8, 4) is 23.0 Å². The van der Waals surface area contributed by atoms with Crippen molar-refractivity contribution >= 4 is 40.8 Å². The molecule has 12 nitrogen and oxygen atoms in total. The number of nitrogens with one attached hydrogen (secondary N) is 3. The number of hydrogen-bond donors (Lipinski definition) is 4. The van der Waals surface area contributed by atoms with Gasteiger partial charge < -0.3 is 39.4 Å². The number of rotatable bonds is 13. The Bertz CT molecular complexity index is 1280. The summed E-state index contributed by atoms with van der Waals surface area (Å²) < 4.78 is 28.3. The zero-order valence-electron chi connectivity index (χ0n) is 22.9. The molecule has 0 saturated heterocycles. The average Bonchev–Trinajstić information content (AvgIpc) is 2.93. The van der Waals surface area contributed by atoms with Crippen molar-refractivity contribution in [2.45, 2.75) is 33.0 Å². The number of esters is 1. The number of nitrogens with zero attached hydrogens (tertiary/aromatic N) is 1. The molecule has 1 aliphatic rings. The van der Waals surface area contributed by atoms with Gasteiger partial charge in [0.15, 0.2) is 29.2 Å². The van der Waals surface area contributed by atoms with Crippen LogP contribution in [0.4, 0.5) is 4.79 Å². The van der Waals surface area contributed by atoms with Crippen molar-refractivity contribution in [1.82, 2.24) is 16.1 Å². The predicted molar refractivity (Wildman–Crippen MR) is 156 cm³/mol. The number of allylic oxidation sites excluding steroid dienone is 1. The Hall–Kier alpha value is -3.72. The molecule has 13 heteroatoms. The zero-order valence-corrected chi connectivity index (χ0v) is 25.0. The Balaban J connectivity index is 1.69. The fourth-order valence-electron chi connectivity index (χ4n) is 3.92. The van der Waals surface area contributed by atoms with E-state index < -0.39 is 24.3 Å². The van der Waals surface area contributed by atoms with E-state index in [0.29, 0.717) is 47.5 Å². The molecule has 2 atom stereocenters. The van der Waals surface area contributed by atoms with E-state index in [9.17, 15) is 14.7 Å². The third-order valence-electron chi connectivity index (χ3n) is 5.65. The number of benzene rings is 2. The molecule has 2 aromatic rings. The summed E-state index contributed by atoms with van der Waals surface area (Å²) in [6, 6.07) is 7.48. The fraction of sp³-hybridized carbons (Fsp3) is 0.370. The number of carbonyl (C=O) groups is 2. The van der Waals surface area contributed by atoms with Crippen LogP contribution in [0.1, 0.15) is 37.9 Å². The number of ether oxygens (including phenoxy) is 5. The smallest absolute Gasteiger partial charge is 0.337 e. The summed E-state index contributed by atoms with van der Waals surface area (Å²) in [6.07, 6.45) is 0.417. The van der Waals surface area contributed by atoms with Crippen LogP contribution in [0.2, 0.25) is 0 Å². The number of aliphatic hydroxyl groups is 1. The SMILES string of the molecule is CCOc1cc([C@H]2NC(=O)NC(C)=C2C(=O)OC)ccc1OC[C@@H](O)N/N=C/c1cc(I)c(OCC)c(OC)c1. The minimum absolute atomic E-state index is 0.141. The van der Waals surface area contributed by atoms with Gasteiger partial charge in [0.2, 0.25) is 0 Å². The molecule has 216 valence electrons. The highest BCUT2D eigenvalue weighted by molar-refractivity contribution is 14.1. The van der Waals surface area contributed by atoms with Crippen LogP contribution < -0.4 is 35.0 Å². The van der Waals surface area contributed by atoms with Gasteiger partial charge in [0.1, 0.15) is 6.61 Å². The van der Waals surface area contributed by atoms with Crippen LogP contribution in [0.15, 0.2) is 46.7 Å². The summed E-state index contributed by atoms with van der Waals surface area (Å²) in [7, 11) is 2.84.